The van der Waals surface area contributed by atoms with E-state index >= 15 is 0 Å². The van der Waals surface area contributed by atoms with Crippen molar-refractivity contribution in [3.8, 4) is 18.1 Å². The molecule has 0 fully saturated rings. The van der Waals surface area contributed by atoms with Gasteiger partial charge in [0.25, 0.3) is 0 Å². The number of nitrogens with two attached hydrogens (primary N) is 1. The minimum absolute atomic E-state index is 0.260. The van der Waals surface area contributed by atoms with Crippen molar-refractivity contribution >= 4 is 29.2 Å². The summed E-state index contributed by atoms with van der Waals surface area (Å²) in [6.07, 6.45) is 2.59. The van der Waals surface area contributed by atoms with E-state index in [-0.39, 0.29) is 11.4 Å². The van der Waals surface area contributed by atoms with Crippen molar-refractivity contribution in [2.24, 2.45) is 5.73 Å². The number of anilines is 1. The molecule has 1 aliphatic rings. The maximum Gasteiger partial charge on any atom is 0.573 e. The molecule has 22 heavy (non-hydrogen) atoms. The molecule has 1 aromatic rings. The Bertz CT molecular complexity index is 638. The van der Waals surface area contributed by atoms with Gasteiger partial charge in [-0.3, -0.25) is 0 Å². The number of allylic oxidation sites excluding steroid dienone is 1. The number of ether oxygens (including phenoxy) is 1. The molecular weight excluding hydrogens is 333 g/mol. The molecule has 0 saturated carbocycles. The van der Waals surface area contributed by atoms with Crippen LogP contribution >= 0.6 is 23.5 Å². The first-order valence-electron chi connectivity index (χ1n) is 6.16. The summed E-state index contributed by atoms with van der Waals surface area (Å²) in [5.41, 5.74) is 6.87. The Balaban J connectivity index is 2.35. The minimum atomic E-state index is -4.72. The Hall–Kier alpha value is -1.59. The molecule has 3 nitrogen and oxygen atoms in total. The largest absolute Gasteiger partial charge is 0.573 e. The van der Waals surface area contributed by atoms with Crippen LogP contribution in [0, 0.1) is 12.3 Å². The summed E-state index contributed by atoms with van der Waals surface area (Å²) in [6, 6.07) is 4.21. The Kier molecular flexibility index (Phi) is 5.08. The highest BCUT2D eigenvalue weighted by atomic mass is 32.2. The second kappa shape index (κ2) is 6.67. The summed E-state index contributed by atoms with van der Waals surface area (Å²) >= 11 is 2.91. The van der Waals surface area contributed by atoms with E-state index in [4.69, 9.17) is 12.2 Å². The van der Waals surface area contributed by atoms with Gasteiger partial charge in [-0.25, -0.2) is 0 Å². The SMILES string of the molecule is C#C/C(N)=C1\Sc2cc(OC(F)(F)F)ccc2N1CCSC. The van der Waals surface area contributed by atoms with E-state index in [0.29, 0.717) is 16.5 Å². The number of rotatable bonds is 4. The molecule has 0 amide bonds. The lowest BCUT2D eigenvalue weighted by Gasteiger charge is -2.20. The molecule has 0 radical (unpaired) electrons. The van der Waals surface area contributed by atoms with E-state index in [1.807, 2.05) is 11.2 Å². The predicted molar refractivity (Wildman–Crippen MR) is 84.8 cm³/mol. The molecule has 118 valence electrons. The van der Waals surface area contributed by atoms with E-state index in [1.165, 1.54) is 23.9 Å². The molecule has 2 rings (SSSR count). The fourth-order valence-corrected chi connectivity index (χ4v) is 3.43. The lowest BCUT2D eigenvalue weighted by atomic mass is 10.2. The number of benzene rings is 1. The Morgan fingerprint density at radius 2 is 2.23 bits per heavy atom. The first-order chi connectivity index (χ1) is 10.4. The van der Waals surface area contributed by atoms with Gasteiger partial charge in [0.05, 0.1) is 5.69 Å². The number of thioether (sulfide) groups is 2. The second-order valence-electron chi connectivity index (χ2n) is 4.29. The van der Waals surface area contributed by atoms with E-state index in [0.717, 1.165) is 11.4 Å². The average Bonchev–Trinajstić information content (AvgIpc) is 2.80. The van der Waals surface area contributed by atoms with Crippen molar-refractivity contribution < 1.29 is 17.9 Å². The number of alkyl halides is 3. The normalized spacial score (nSPS) is 16.2. The summed E-state index contributed by atoms with van der Waals surface area (Å²) in [7, 11) is 0. The van der Waals surface area contributed by atoms with E-state index in [2.05, 4.69) is 10.7 Å². The molecule has 0 unspecified atom stereocenters. The smallest absolute Gasteiger partial charge is 0.406 e. The molecular formula is C14H13F3N2OS2. The third-order valence-electron chi connectivity index (χ3n) is 2.81. The van der Waals surface area contributed by atoms with E-state index in [9.17, 15) is 13.2 Å². The molecule has 0 atom stereocenters. The van der Waals surface area contributed by atoms with E-state index < -0.39 is 6.36 Å². The molecule has 1 aliphatic heterocycles. The molecule has 0 spiro atoms. The standard InChI is InChI=1S/C14H13F3N2OS2/c1-3-10(18)13-19(6-7-21-2)11-5-4-9(8-12(11)22-13)20-14(15,16)17/h1,4-5,8H,6-7,18H2,2H3/b13-10+. The van der Waals surface area contributed by atoms with Crippen LogP contribution in [0.2, 0.25) is 0 Å². The topological polar surface area (TPSA) is 38.5 Å². The number of hydrogen-bond donors (Lipinski definition) is 1. The van der Waals surface area contributed by atoms with Gasteiger partial charge in [-0.2, -0.15) is 11.8 Å². The van der Waals surface area contributed by atoms with Gasteiger partial charge in [-0.05, 0) is 24.5 Å². The quantitative estimate of drug-likeness (QED) is 0.843. The third kappa shape index (κ3) is 3.78. The maximum absolute atomic E-state index is 12.3. The van der Waals surface area contributed by atoms with Crippen molar-refractivity contribution in [1.82, 2.24) is 0 Å². The van der Waals surface area contributed by atoms with Gasteiger partial charge in [-0.15, -0.1) is 19.6 Å². The lowest BCUT2D eigenvalue weighted by Crippen LogP contribution is -2.23. The summed E-state index contributed by atoms with van der Waals surface area (Å²) in [5.74, 6) is 2.95. The number of nitrogens with zero attached hydrogens (tertiary/aromatic N) is 1. The van der Waals surface area contributed by atoms with Crippen molar-refractivity contribution in [3.05, 3.63) is 28.9 Å². The van der Waals surface area contributed by atoms with Crippen LogP contribution in [0.25, 0.3) is 0 Å². The summed E-state index contributed by atoms with van der Waals surface area (Å²) in [4.78, 5) is 2.55. The summed E-state index contributed by atoms with van der Waals surface area (Å²) in [5, 5.41) is 0.663. The average molecular weight is 346 g/mol. The molecule has 0 aromatic heterocycles. The van der Waals surface area contributed by atoms with Crippen LogP contribution < -0.4 is 15.4 Å². The Morgan fingerprint density at radius 3 is 2.82 bits per heavy atom. The van der Waals surface area contributed by atoms with Gasteiger partial charge >= 0.3 is 6.36 Å². The molecule has 0 aliphatic carbocycles. The molecule has 0 saturated heterocycles. The van der Waals surface area contributed by atoms with Crippen LogP contribution in [0.1, 0.15) is 0 Å². The monoisotopic (exact) mass is 346 g/mol. The molecule has 0 bridgehead atoms. The van der Waals surface area contributed by atoms with Crippen LogP contribution in [0.15, 0.2) is 33.8 Å². The highest BCUT2D eigenvalue weighted by molar-refractivity contribution is 8.03. The third-order valence-corrected chi connectivity index (χ3v) is 4.58. The fraction of sp³-hybridized carbons (Fsp3) is 0.286. The van der Waals surface area contributed by atoms with Crippen molar-refractivity contribution in [2.45, 2.75) is 11.3 Å². The molecule has 2 N–H and O–H groups in total. The summed E-state index contributed by atoms with van der Waals surface area (Å²) in [6.45, 7) is 0.665. The number of terminal acetylenes is 1. The van der Waals surface area contributed by atoms with Crippen LogP contribution in [0.4, 0.5) is 18.9 Å². The predicted octanol–water partition coefficient (Wildman–Crippen LogP) is 3.62. The first-order valence-corrected chi connectivity index (χ1v) is 8.37. The van der Waals surface area contributed by atoms with Crippen LogP contribution in [-0.2, 0) is 0 Å². The van der Waals surface area contributed by atoms with Crippen molar-refractivity contribution in [2.75, 3.05) is 23.5 Å². The van der Waals surface area contributed by atoms with E-state index in [1.54, 1.807) is 17.8 Å². The molecule has 1 aromatic carbocycles. The van der Waals surface area contributed by atoms with Gasteiger partial charge in [0.15, 0.2) is 0 Å². The van der Waals surface area contributed by atoms with Crippen LogP contribution in [0.3, 0.4) is 0 Å². The first kappa shape index (κ1) is 16.8. The highest BCUT2D eigenvalue weighted by Gasteiger charge is 2.33. The van der Waals surface area contributed by atoms with Gasteiger partial charge in [0.1, 0.15) is 16.5 Å². The van der Waals surface area contributed by atoms with Crippen molar-refractivity contribution in [1.29, 1.82) is 0 Å². The van der Waals surface area contributed by atoms with Gasteiger partial charge in [0, 0.05) is 17.2 Å². The lowest BCUT2D eigenvalue weighted by molar-refractivity contribution is -0.274. The van der Waals surface area contributed by atoms with Gasteiger partial charge < -0.3 is 15.4 Å². The summed E-state index contributed by atoms with van der Waals surface area (Å²) < 4.78 is 40.8. The highest BCUT2D eigenvalue weighted by Crippen LogP contribution is 2.48. The maximum atomic E-state index is 12.3. The Labute approximate surface area is 135 Å². The number of halogens is 3. The van der Waals surface area contributed by atoms with Crippen molar-refractivity contribution in [3.63, 3.8) is 0 Å². The molecule has 8 heteroatoms. The second-order valence-corrected chi connectivity index (χ2v) is 6.30. The molecule has 1 heterocycles. The zero-order valence-corrected chi connectivity index (χ0v) is 13.2. The van der Waals surface area contributed by atoms with Gasteiger partial charge in [0.2, 0.25) is 0 Å². The Morgan fingerprint density at radius 1 is 1.50 bits per heavy atom. The fourth-order valence-electron chi connectivity index (χ4n) is 1.93. The van der Waals surface area contributed by atoms with Gasteiger partial charge in [-0.1, -0.05) is 17.7 Å². The number of fused-ring (bicyclic) bond motifs is 1. The zero-order chi connectivity index (χ0) is 16.3. The minimum Gasteiger partial charge on any atom is -0.406 e. The van der Waals surface area contributed by atoms with Crippen LogP contribution in [-0.4, -0.2) is 24.9 Å². The zero-order valence-electron chi connectivity index (χ0n) is 11.6. The van der Waals surface area contributed by atoms with Crippen LogP contribution in [0.5, 0.6) is 5.75 Å². The number of hydrogen-bond acceptors (Lipinski definition) is 5.